The first-order valence-corrected chi connectivity index (χ1v) is 8.05. The zero-order valence-corrected chi connectivity index (χ0v) is 15.5. The van der Waals surface area contributed by atoms with Crippen LogP contribution in [0.3, 0.4) is 0 Å². The van der Waals surface area contributed by atoms with Gasteiger partial charge >= 0.3 is 6.03 Å². The lowest BCUT2D eigenvalue weighted by atomic mass is 10.2. The predicted octanol–water partition coefficient (Wildman–Crippen LogP) is 3.74. The van der Waals surface area contributed by atoms with Gasteiger partial charge in [0.05, 0.1) is 24.9 Å². The molecular formula is C18H22ClN3O3. The van der Waals surface area contributed by atoms with E-state index in [1.807, 2.05) is 43.3 Å². The van der Waals surface area contributed by atoms with Crippen LogP contribution in [0, 0.1) is 0 Å². The van der Waals surface area contributed by atoms with Crippen LogP contribution in [0.4, 0.5) is 16.2 Å². The lowest BCUT2D eigenvalue weighted by molar-refractivity contribution is 0.251. The van der Waals surface area contributed by atoms with Crippen LogP contribution in [0.2, 0.25) is 5.02 Å². The van der Waals surface area contributed by atoms with E-state index in [0.29, 0.717) is 28.8 Å². The Morgan fingerprint density at radius 2 is 1.72 bits per heavy atom. The van der Waals surface area contributed by atoms with Gasteiger partial charge in [0, 0.05) is 38.5 Å². The van der Waals surface area contributed by atoms with E-state index in [1.165, 1.54) is 14.2 Å². The monoisotopic (exact) mass is 363 g/mol. The maximum Gasteiger partial charge on any atom is 0.319 e. The third-order valence-corrected chi connectivity index (χ3v) is 3.92. The Labute approximate surface area is 152 Å². The summed E-state index contributed by atoms with van der Waals surface area (Å²) in [4.78, 5) is 14.2. The Kier molecular flexibility index (Phi) is 6.36. The molecule has 0 saturated carbocycles. The van der Waals surface area contributed by atoms with Crippen molar-refractivity contribution in [2.45, 2.75) is 6.54 Å². The molecule has 0 spiro atoms. The number of carbonyl (C=O) groups excluding carboxylic acids is 1. The van der Waals surface area contributed by atoms with Crippen molar-refractivity contribution in [2.24, 2.45) is 0 Å². The molecule has 0 aliphatic rings. The van der Waals surface area contributed by atoms with Crippen molar-refractivity contribution >= 4 is 29.0 Å². The number of rotatable bonds is 6. The van der Waals surface area contributed by atoms with E-state index < -0.39 is 0 Å². The Hall–Kier alpha value is -2.60. The van der Waals surface area contributed by atoms with Crippen LogP contribution < -0.4 is 25.0 Å². The second-order valence-electron chi connectivity index (χ2n) is 5.56. The maximum absolute atomic E-state index is 12.2. The van der Waals surface area contributed by atoms with Crippen molar-refractivity contribution in [3.63, 3.8) is 0 Å². The van der Waals surface area contributed by atoms with Gasteiger partial charge in [0.25, 0.3) is 0 Å². The van der Waals surface area contributed by atoms with E-state index >= 15 is 0 Å². The Bertz CT molecular complexity index is 733. The fourth-order valence-electron chi connectivity index (χ4n) is 2.22. The van der Waals surface area contributed by atoms with Gasteiger partial charge in [0.1, 0.15) is 11.5 Å². The van der Waals surface area contributed by atoms with Crippen LogP contribution in [0.25, 0.3) is 0 Å². The van der Waals surface area contributed by atoms with Crippen molar-refractivity contribution in [1.29, 1.82) is 0 Å². The highest BCUT2D eigenvalue weighted by Gasteiger charge is 2.12. The summed E-state index contributed by atoms with van der Waals surface area (Å²) in [7, 11) is 6.98. The zero-order chi connectivity index (χ0) is 18.4. The Morgan fingerprint density at radius 1 is 1.08 bits per heavy atom. The second-order valence-corrected chi connectivity index (χ2v) is 5.96. The van der Waals surface area contributed by atoms with Crippen LogP contribution >= 0.6 is 11.6 Å². The van der Waals surface area contributed by atoms with Crippen molar-refractivity contribution in [1.82, 2.24) is 5.32 Å². The molecule has 0 fully saturated rings. The van der Waals surface area contributed by atoms with E-state index in [0.717, 1.165) is 11.3 Å². The molecule has 2 rings (SSSR count). The molecule has 6 nitrogen and oxygen atoms in total. The highest BCUT2D eigenvalue weighted by atomic mass is 35.5. The lowest BCUT2D eigenvalue weighted by Gasteiger charge is -2.14. The van der Waals surface area contributed by atoms with Gasteiger partial charge in [-0.25, -0.2) is 4.79 Å². The first kappa shape index (κ1) is 18.7. The van der Waals surface area contributed by atoms with Crippen LogP contribution in [-0.2, 0) is 6.54 Å². The molecule has 25 heavy (non-hydrogen) atoms. The van der Waals surface area contributed by atoms with Crippen molar-refractivity contribution in [3.05, 3.63) is 47.0 Å². The number of halogens is 1. The summed E-state index contributed by atoms with van der Waals surface area (Å²) >= 11 is 6.06. The minimum Gasteiger partial charge on any atom is -0.495 e. The van der Waals surface area contributed by atoms with Crippen molar-refractivity contribution in [3.8, 4) is 11.5 Å². The molecule has 2 amide bonds. The number of nitrogens with zero attached hydrogens (tertiary/aromatic N) is 1. The van der Waals surface area contributed by atoms with Crippen molar-refractivity contribution in [2.75, 3.05) is 38.5 Å². The molecule has 2 aromatic carbocycles. The number of urea groups is 1. The summed E-state index contributed by atoms with van der Waals surface area (Å²) < 4.78 is 10.4. The number of anilines is 2. The standard InChI is InChI=1S/C18H22ClN3O3/c1-22(2)13-7-5-12(6-8-13)11-20-18(23)21-15-10-16(24-3)14(19)9-17(15)25-4/h5-10H,11H2,1-4H3,(H2,20,21,23). The van der Waals surface area contributed by atoms with Gasteiger partial charge in [0.2, 0.25) is 0 Å². The number of amides is 2. The molecule has 134 valence electrons. The molecule has 0 saturated heterocycles. The third kappa shape index (κ3) is 4.93. The third-order valence-electron chi connectivity index (χ3n) is 3.63. The Balaban J connectivity index is 2.00. The highest BCUT2D eigenvalue weighted by molar-refractivity contribution is 6.32. The largest absolute Gasteiger partial charge is 0.495 e. The molecule has 0 aromatic heterocycles. The molecular weight excluding hydrogens is 342 g/mol. The molecule has 0 aliphatic heterocycles. The average Bonchev–Trinajstić information content (AvgIpc) is 2.61. The summed E-state index contributed by atoms with van der Waals surface area (Å²) in [6.45, 7) is 0.409. The first-order valence-electron chi connectivity index (χ1n) is 7.67. The summed E-state index contributed by atoms with van der Waals surface area (Å²) in [6.07, 6.45) is 0. The van der Waals surface area contributed by atoms with E-state index in [1.54, 1.807) is 12.1 Å². The topological polar surface area (TPSA) is 62.8 Å². The quantitative estimate of drug-likeness (QED) is 0.820. The number of ether oxygens (including phenoxy) is 2. The number of carbonyl (C=O) groups is 1. The Morgan fingerprint density at radius 3 is 2.28 bits per heavy atom. The van der Waals surface area contributed by atoms with E-state index in [9.17, 15) is 4.79 Å². The minimum absolute atomic E-state index is 0.348. The number of hydrogen-bond donors (Lipinski definition) is 2. The second kappa shape index (κ2) is 8.48. The van der Waals surface area contributed by atoms with Gasteiger partial charge in [-0.3, -0.25) is 0 Å². The minimum atomic E-state index is -0.348. The normalized spacial score (nSPS) is 10.1. The fraction of sp³-hybridized carbons (Fsp3) is 0.278. The van der Waals surface area contributed by atoms with Gasteiger partial charge < -0.3 is 25.0 Å². The average molecular weight is 364 g/mol. The van der Waals surface area contributed by atoms with Crippen LogP contribution in [0.5, 0.6) is 11.5 Å². The zero-order valence-electron chi connectivity index (χ0n) is 14.7. The summed E-state index contributed by atoms with van der Waals surface area (Å²) in [5.41, 5.74) is 2.58. The summed E-state index contributed by atoms with van der Waals surface area (Å²) in [5.74, 6) is 0.910. The lowest BCUT2D eigenvalue weighted by Crippen LogP contribution is -2.28. The van der Waals surface area contributed by atoms with E-state index in [-0.39, 0.29) is 6.03 Å². The fourth-order valence-corrected chi connectivity index (χ4v) is 2.45. The van der Waals surface area contributed by atoms with E-state index in [4.69, 9.17) is 21.1 Å². The highest BCUT2D eigenvalue weighted by Crippen LogP contribution is 2.35. The number of benzene rings is 2. The van der Waals surface area contributed by atoms with Gasteiger partial charge in [-0.05, 0) is 17.7 Å². The molecule has 0 atom stereocenters. The first-order chi connectivity index (χ1) is 11.9. The molecule has 0 radical (unpaired) electrons. The number of hydrogen-bond acceptors (Lipinski definition) is 4. The van der Waals surface area contributed by atoms with Gasteiger partial charge in [-0.2, -0.15) is 0 Å². The molecule has 0 aliphatic carbocycles. The SMILES string of the molecule is COc1cc(NC(=O)NCc2ccc(N(C)C)cc2)c(OC)cc1Cl. The molecule has 0 heterocycles. The predicted molar refractivity (Wildman–Crippen MR) is 101 cm³/mol. The molecule has 7 heteroatoms. The smallest absolute Gasteiger partial charge is 0.319 e. The van der Waals surface area contributed by atoms with Crippen molar-refractivity contribution < 1.29 is 14.3 Å². The maximum atomic E-state index is 12.2. The van der Waals surface area contributed by atoms with Gasteiger partial charge in [-0.1, -0.05) is 23.7 Å². The number of nitrogens with one attached hydrogen (secondary N) is 2. The summed E-state index contributed by atoms with van der Waals surface area (Å²) in [5, 5.41) is 5.96. The van der Waals surface area contributed by atoms with Gasteiger partial charge in [-0.15, -0.1) is 0 Å². The van der Waals surface area contributed by atoms with Crippen LogP contribution in [-0.4, -0.2) is 34.3 Å². The number of methoxy groups -OCH3 is 2. The van der Waals surface area contributed by atoms with Crippen LogP contribution in [0.1, 0.15) is 5.56 Å². The van der Waals surface area contributed by atoms with E-state index in [2.05, 4.69) is 10.6 Å². The molecule has 0 unspecified atom stereocenters. The molecule has 0 bridgehead atoms. The molecule has 2 aromatic rings. The molecule has 2 N–H and O–H groups in total. The van der Waals surface area contributed by atoms with Crippen LogP contribution in [0.15, 0.2) is 36.4 Å². The van der Waals surface area contributed by atoms with Gasteiger partial charge in [0.15, 0.2) is 0 Å². The summed E-state index contributed by atoms with van der Waals surface area (Å²) in [6, 6.07) is 10.8.